The summed E-state index contributed by atoms with van der Waals surface area (Å²) in [5.74, 6) is -0.964. The largest absolute Gasteiger partial charge is 0.465 e. The van der Waals surface area contributed by atoms with Gasteiger partial charge in [-0.2, -0.15) is 0 Å². The quantitative estimate of drug-likeness (QED) is 0.504. The van der Waals surface area contributed by atoms with Crippen molar-refractivity contribution in [3.63, 3.8) is 0 Å². The molecule has 3 aromatic rings. The highest BCUT2D eigenvalue weighted by Crippen LogP contribution is 2.39. The number of hydrogen-bond donors (Lipinski definition) is 0. The fourth-order valence-electron chi connectivity index (χ4n) is 3.02. The van der Waals surface area contributed by atoms with Crippen LogP contribution in [0.15, 0.2) is 51.2 Å². The van der Waals surface area contributed by atoms with Crippen molar-refractivity contribution in [1.82, 2.24) is 4.40 Å². The molecule has 0 fully saturated rings. The number of rotatable bonds is 6. The van der Waals surface area contributed by atoms with Crippen LogP contribution in [-0.4, -0.2) is 31.7 Å². The zero-order chi connectivity index (χ0) is 21.3. The van der Waals surface area contributed by atoms with Gasteiger partial charge >= 0.3 is 5.97 Å². The van der Waals surface area contributed by atoms with Gasteiger partial charge in [0.15, 0.2) is 9.84 Å². The third-order valence-electron chi connectivity index (χ3n) is 4.40. The number of ether oxygens (including phenoxy) is 1. The van der Waals surface area contributed by atoms with Crippen LogP contribution in [-0.2, 0) is 25.8 Å². The molecule has 2 heterocycles. The van der Waals surface area contributed by atoms with Gasteiger partial charge in [-0.05, 0) is 42.8 Å². The van der Waals surface area contributed by atoms with Crippen LogP contribution in [0.4, 0.5) is 4.39 Å². The molecule has 0 unspecified atom stereocenters. The molecule has 0 aliphatic rings. The van der Waals surface area contributed by atoms with Crippen LogP contribution in [0.2, 0.25) is 5.02 Å². The highest BCUT2D eigenvalue weighted by molar-refractivity contribution is 7.99. The third kappa shape index (κ3) is 4.76. The van der Waals surface area contributed by atoms with E-state index < -0.39 is 15.7 Å². The van der Waals surface area contributed by atoms with Crippen molar-refractivity contribution in [3.8, 4) is 0 Å². The molecule has 0 aliphatic heterocycles. The molecule has 0 spiro atoms. The lowest BCUT2D eigenvalue weighted by molar-refractivity contribution is -0.140. The van der Waals surface area contributed by atoms with Crippen molar-refractivity contribution in [1.29, 1.82) is 0 Å². The minimum Gasteiger partial charge on any atom is -0.465 e. The van der Waals surface area contributed by atoms with Gasteiger partial charge < -0.3 is 9.14 Å². The van der Waals surface area contributed by atoms with Crippen LogP contribution >= 0.6 is 23.4 Å². The van der Waals surface area contributed by atoms with E-state index in [-0.39, 0.29) is 17.5 Å². The number of benzene rings is 1. The topological polar surface area (TPSA) is 64.9 Å². The van der Waals surface area contributed by atoms with Gasteiger partial charge in [-0.1, -0.05) is 23.4 Å². The van der Waals surface area contributed by atoms with E-state index in [9.17, 15) is 17.6 Å². The fourth-order valence-corrected chi connectivity index (χ4v) is 4.86. The molecule has 0 amide bonds. The number of esters is 1. The predicted molar refractivity (Wildman–Crippen MR) is 111 cm³/mol. The molecule has 0 atom stereocenters. The Hall–Kier alpha value is -2.03. The Morgan fingerprint density at radius 2 is 2.00 bits per heavy atom. The minimum absolute atomic E-state index is 0.0667. The van der Waals surface area contributed by atoms with E-state index in [1.54, 1.807) is 12.1 Å². The Labute approximate surface area is 177 Å². The highest BCUT2D eigenvalue weighted by atomic mass is 35.5. The number of sulfone groups is 1. The molecular weight excluding hydrogens is 437 g/mol. The summed E-state index contributed by atoms with van der Waals surface area (Å²) >= 11 is 7.37. The first-order valence-corrected chi connectivity index (χ1v) is 11.8. The van der Waals surface area contributed by atoms with Gasteiger partial charge in [0.1, 0.15) is 5.82 Å². The van der Waals surface area contributed by atoms with Gasteiger partial charge in [0, 0.05) is 46.3 Å². The van der Waals surface area contributed by atoms with Crippen LogP contribution in [0.25, 0.3) is 5.52 Å². The number of nitrogens with zero attached hydrogens (tertiary/aromatic N) is 1. The zero-order valence-corrected chi connectivity index (χ0v) is 18.4. The van der Waals surface area contributed by atoms with Crippen LogP contribution < -0.4 is 0 Å². The molecule has 0 radical (unpaired) electrons. The van der Waals surface area contributed by atoms with E-state index in [1.807, 2.05) is 17.5 Å². The van der Waals surface area contributed by atoms with Gasteiger partial charge in [0.2, 0.25) is 0 Å². The number of aromatic nitrogens is 1. The number of pyridine rings is 1. The van der Waals surface area contributed by atoms with Crippen molar-refractivity contribution in [2.45, 2.75) is 35.0 Å². The molecule has 0 bridgehead atoms. The molecule has 29 heavy (non-hydrogen) atoms. The minimum atomic E-state index is -3.49. The Bertz CT molecular complexity index is 1200. The molecule has 0 aliphatic carbocycles. The average Bonchev–Trinajstić information content (AvgIpc) is 2.87. The maximum absolute atomic E-state index is 14.6. The van der Waals surface area contributed by atoms with E-state index in [2.05, 4.69) is 0 Å². The van der Waals surface area contributed by atoms with E-state index in [4.69, 9.17) is 16.3 Å². The second-order valence-electron chi connectivity index (χ2n) is 6.56. The van der Waals surface area contributed by atoms with Crippen LogP contribution in [0.1, 0.15) is 18.2 Å². The first-order valence-electron chi connectivity index (χ1n) is 8.68. The molecule has 0 saturated heterocycles. The average molecular weight is 456 g/mol. The molecule has 154 valence electrons. The van der Waals surface area contributed by atoms with Crippen molar-refractivity contribution < 1.29 is 22.3 Å². The number of carbonyl (C=O) groups excluding carboxylic acids is 1. The molecule has 9 heteroatoms. The van der Waals surface area contributed by atoms with Crippen molar-refractivity contribution in [3.05, 3.63) is 58.6 Å². The van der Waals surface area contributed by atoms with E-state index in [1.165, 1.54) is 30.8 Å². The highest BCUT2D eigenvalue weighted by Gasteiger charge is 2.19. The molecular formula is C20H19ClFNO4S2. The van der Waals surface area contributed by atoms with Gasteiger partial charge in [-0.15, -0.1) is 0 Å². The van der Waals surface area contributed by atoms with E-state index in [0.29, 0.717) is 16.3 Å². The lowest BCUT2D eigenvalue weighted by atomic mass is 10.2. The zero-order valence-electron chi connectivity index (χ0n) is 16.0. The number of fused-ring (bicyclic) bond motifs is 1. The fraction of sp³-hybridized carbons (Fsp3) is 0.250. The molecule has 0 saturated carbocycles. The standard InChI is InChI=1S/C20H19ClFNO4S2/c1-12-17(7-9-27-13(2)24)23-8-6-14(21)10-18(23)20(12)28-19-5-4-15(11-16(19)22)29(3,25)26/h4-6,8,10-11H,7,9H2,1-3H3. The van der Waals surface area contributed by atoms with Crippen molar-refractivity contribution in [2.75, 3.05) is 12.9 Å². The van der Waals surface area contributed by atoms with Gasteiger partial charge in [-0.25, -0.2) is 12.8 Å². The molecule has 1 aromatic carbocycles. The Morgan fingerprint density at radius 1 is 1.28 bits per heavy atom. The predicted octanol–water partition coefficient (Wildman–Crippen LogP) is 4.70. The maximum atomic E-state index is 14.6. The van der Waals surface area contributed by atoms with E-state index >= 15 is 0 Å². The first-order chi connectivity index (χ1) is 13.6. The van der Waals surface area contributed by atoms with E-state index in [0.717, 1.165) is 34.0 Å². The van der Waals surface area contributed by atoms with Crippen LogP contribution in [0.5, 0.6) is 0 Å². The lowest BCUT2D eigenvalue weighted by Crippen LogP contribution is -2.05. The lowest BCUT2D eigenvalue weighted by Gasteiger charge is -2.06. The van der Waals surface area contributed by atoms with Gasteiger partial charge in [0.25, 0.3) is 0 Å². The van der Waals surface area contributed by atoms with Crippen molar-refractivity contribution in [2.24, 2.45) is 0 Å². The van der Waals surface area contributed by atoms with Crippen LogP contribution in [0.3, 0.4) is 0 Å². The Morgan fingerprint density at radius 3 is 2.62 bits per heavy atom. The molecule has 2 aromatic heterocycles. The summed E-state index contributed by atoms with van der Waals surface area (Å²) < 4.78 is 44.9. The first kappa shape index (κ1) is 21.7. The molecule has 0 N–H and O–H groups in total. The van der Waals surface area contributed by atoms with Crippen molar-refractivity contribution >= 4 is 44.7 Å². The summed E-state index contributed by atoms with van der Waals surface area (Å²) in [6.07, 6.45) is 3.35. The third-order valence-corrected chi connectivity index (χ3v) is 7.02. The summed E-state index contributed by atoms with van der Waals surface area (Å²) in [5.41, 5.74) is 2.63. The monoisotopic (exact) mass is 455 g/mol. The smallest absolute Gasteiger partial charge is 0.302 e. The summed E-state index contributed by atoms with van der Waals surface area (Å²) in [6, 6.07) is 7.42. The Kier molecular flexibility index (Phi) is 6.26. The van der Waals surface area contributed by atoms with Crippen LogP contribution in [0, 0.1) is 12.7 Å². The summed E-state index contributed by atoms with van der Waals surface area (Å²) in [7, 11) is -3.49. The number of carbonyl (C=O) groups is 1. The van der Waals surface area contributed by atoms with Gasteiger partial charge in [-0.3, -0.25) is 4.79 Å². The molecule has 3 rings (SSSR count). The normalized spacial score (nSPS) is 11.8. The van der Waals surface area contributed by atoms with Gasteiger partial charge in [0.05, 0.1) is 17.0 Å². The second-order valence-corrected chi connectivity index (χ2v) is 10.1. The summed E-state index contributed by atoms with van der Waals surface area (Å²) in [5, 5.41) is 0.538. The summed E-state index contributed by atoms with van der Waals surface area (Å²) in [6.45, 7) is 3.49. The SMILES string of the molecule is CC(=O)OCCc1c(C)c(Sc2ccc(S(C)(=O)=O)cc2F)c2cc(Cl)ccn12. The Balaban J connectivity index is 2.04. The molecule has 5 nitrogen and oxygen atoms in total. The maximum Gasteiger partial charge on any atom is 0.302 e. The number of halogens is 2. The number of hydrogen-bond acceptors (Lipinski definition) is 5. The summed E-state index contributed by atoms with van der Waals surface area (Å²) in [4.78, 5) is 12.1. The second kappa shape index (κ2) is 8.38.